The van der Waals surface area contributed by atoms with Crippen molar-refractivity contribution < 1.29 is 14.7 Å². The molecule has 1 fully saturated rings. The molecule has 0 saturated carbocycles. The van der Waals surface area contributed by atoms with Crippen LogP contribution < -0.4 is 0 Å². The van der Waals surface area contributed by atoms with Gasteiger partial charge in [-0.3, -0.25) is 9.59 Å². The molecule has 6 heteroatoms. The van der Waals surface area contributed by atoms with E-state index < -0.39 is 11.4 Å². The van der Waals surface area contributed by atoms with E-state index in [1.807, 2.05) is 36.5 Å². The van der Waals surface area contributed by atoms with Crippen LogP contribution in [-0.4, -0.2) is 44.8 Å². The van der Waals surface area contributed by atoms with Crippen molar-refractivity contribution in [3.8, 4) is 5.69 Å². The molecule has 0 aliphatic carbocycles. The molecule has 23 heavy (non-hydrogen) atoms. The predicted octanol–water partition coefficient (Wildman–Crippen LogP) is 1.74. The highest BCUT2D eigenvalue weighted by atomic mass is 16.4. The highest BCUT2D eigenvalue weighted by Gasteiger charge is 2.41. The van der Waals surface area contributed by atoms with Gasteiger partial charge in [0.25, 0.3) is 0 Å². The van der Waals surface area contributed by atoms with Gasteiger partial charge in [-0.15, -0.1) is 0 Å². The maximum Gasteiger partial charge on any atom is 0.311 e. The van der Waals surface area contributed by atoms with Crippen molar-refractivity contribution in [2.45, 2.75) is 19.8 Å². The first-order valence-corrected chi connectivity index (χ1v) is 7.58. The Morgan fingerprint density at radius 1 is 1.30 bits per heavy atom. The summed E-state index contributed by atoms with van der Waals surface area (Å²) in [4.78, 5) is 25.3. The number of hydrogen-bond acceptors (Lipinski definition) is 3. The smallest absolute Gasteiger partial charge is 0.311 e. The lowest BCUT2D eigenvalue weighted by atomic mass is 9.90. The second kappa shape index (κ2) is 5.87. The molecule has 0 radical (unpaired) electrons. The second-order valence-corrected chi connectivity index (χ2v) is 6.22. The molecule has 1 aliphatic rings. The van der Waals surface area contributed by atoms with Gasteiger partial charge in [0.05, 0.1) is 17.5 Å². The zero-order chi connectivity index (χ0) is 16.4. The van der Waals surface area contributed by atoms with Crippen molar-refractivity contribution in [1.29, 1.82) is 0 Å². The first-order chi connectivity index (χ1) is 11.0. The molecule has 1 amide bonds. The zero-order valence-corrected chi connectivity index (χ0v) is 13.0. The van der Waals surface area contributed by atoms with Crippen LogP contribution in [-0.2, 0) is 16.0 Å². The Bertz CT molecular complexity index is 709. The Hall–Kier alpha value is -2.63. The van der Waals surface area contributed by atoms with E-state index in [0.29, 0.717) is 13.0 Å². The molecule has 1 saturated heterocycles. The van der Waals surface area contributed by atoms with Gasteiger partial charge in [-0.05, 0) is 37.1 Å². The topological polar surface area (TPSA) is 75.4 Å². The summed E-state index contributed by atoms with van der Waals surface area (Å²) in [6.45, 7) is 2.49. The molecule has 0 bridgehead atoms. The van der Waals surface area contributed by atoms with Crippen LogP contribution in [0.4, 0.5) is 0 Å². The highest BCUT2D eigenvalue weighted by molar-refractivity contribution is 5.82. The molecule has 3 rings (SSSR count). The number of carbonyl (C=O) groups excluding carboxylic acids is 1. The van der Waals surface area contributed by atoms with Gasteiger partial charge in [0.15, 0.2) is 0 Å². The lowest BCUT2D eigenvalue weighted by molar-refractivity contribution is -0.147. The van der Waals surface area contributed by atoms with Crippen molar-refractivity contribution in [2.24, 2.45) is 5.41 Å². The lowest BCUT2D eigenvalue weighted by Gasteiger charge is -2.20. The van der Waals surface area contributed by atoms with E-state index in [1.54, 1.807) is 22.7 Å². The van der Waals surface area contributed by atoms with Gasteiger partial charge in [0.1, 0.15) is 0 Å². The molecular formula is C17H19N3O3. The number of hydrogen-bond donors (Lipinski definition) is 1. The maximum atomic E-state index is 12.4. The van der Waals surface area contributed by atoms with E-state index >= 15 is 0 Å². The number of benzene rings is 1. The van der Waals surface area contributed by atoms with E-state index in [9.17, 15) is 14.7 Å². The summed E-state index contributed by atoms with van der Waals surface area (Å²) in [5, 5.41) is 13.4. The van der Waals surface area contributed by atoms with Crippen LogP contribution in [0, 0.1) is 5.41 Å². The van der Waals surface area contributed by atoms with Gasteiger partial charge >= 0.3 is 5.97 Å². The van der Waals surface area contributed by atoms with Gasteiger partial charge in [0.2, 0.25) is 5.91 Å². The van der Waals surface area contributed by atoms with Crippen LogP contribution in [0.2, 0.25) is 0 Å². The number of amides is 1. The molecule has 2 aromatic rings. The summed E-state index contributed by atoms with van der Waals surface area (Å²) in [6.07, 6.45) is 4.36. The Kier molecular flexibility index (Phi) is 3.90. The van der Waals surface area contributed by atoms with Crippen molar-refractivity contribution in [3.63, 3.8) is 0 Å². The molecule has 1 atom stereocenters. The summed E-state index contributed by atoms with van der Waals surface area (Å²) < 4.78 is 1.75. The summed E-state index contributed by atoms with van der Waals surface area (Å²) in [5.41, 5.74) is 1.03. The van der Waals surface area contributed by atoms with Crippen LogP contribution >= 0.6 is 0 Å². The van der Waals surface area contributed by atoms with Crippen molar-refractivity contribution >= 4 is 11.9 Å². The van der Waals surface area contributed by atoms with Crippen molar-refractivity contribution in [1.82, 2.24) is 14.7 Å². The zero-order valence-electron chi connectivity index (χ0n) is 13.0. The Morgan fingerprint density at radius 2 is 2.04 bits per heavy atom. The van der Waals surface area contributed by atoms with Crippen LogP contribution in [0.3, 0.4) is 0 Å². The third-order valence-electron chi connectivity index (χ3n) is 4.40. The fraction of sp³-hybridized carbons (Fsp3) is 0.353. The number of nitrogens with zero attached hydrogens (tertiary/aromatic N) is 3. The fourth-order valence-electron chi connectivity index (χ4n) is 2.82. The van der Waals surface area contributed by atoms with E-state index in [2.05, 4.69) is 5.10 Å². The largest absolute Gasteiger partial charge is 0.481 e. The first-order valence-electron chi connectivity index (χ1n) is 7.58. The average Bonchev–Trinajstić information content (AvgIpc) is 3.18. The van der Waals surface area contributed by atoms with Gasteiger partial charge in [-0.25, -0.2) is 4.68 Å². The van der Waals surface area contributed by atoms with Gasteiger partial charge in [-0.2, -0.15) is 5.10 Å². The minimum absolute atomic E-state index is 0.0261. The summed E-state index contributed by atoms with van der Waals surface area (Å²) >= 11 is 0. The molecule has 1 unspecified atom stereocenters. The molecule has 120 valence electrons. The third-order valence-corrected chi connectivity index (χ3v) is 4.40. The number of carboxylic acid groups (broad SMARTS) is 1. The summed E-state index contributed by atoms with van der Waals surface area (Å²) in [6, 6.07) is 9.49. The van der Waals surface area contributed by atoms with Crippen LogP contribution in [0.5, 0.6) is 0 Å². The molecule has 1 aromatic heterocycles. The summed E-state index contributed by atoms with van der Waals surface area (Å²) in [7, 11) is 0. The molecule has 2 heterocycles. The number of carbonyl (C=O) groups is 2. The van der Waals surface area contributed by atoms with Crippen LogP contribution in [0.25, 0.3) is 5.69 Å². The number of rotatable bonds is 4. The monoisotopic (exact) mass is 313 g/mol. The van der Waals surface area contributed by atoms with Crippen molar-refractivity contribution in [2.75, 3.05) is 13.1 Å². The molecule has 6 nitrogen and oxygen atoms in total. The minimum atomic E-state index is -0.837. The molecule has 1 aromatic carbocycles. The van der Waals surface area contributed by atoms with E-state index in [0.717, 1.165) is 11.3 Å². The second-order valence-electron chi connectivity index (χ2n) is 6.22. The molecule has 1 N–H and O–H groups in total. The van der Waals surface area contributed by atoms with E-state index in [4.69, 9.17) is 0 Å². The average molecular weight is 313 g/mol. The Labute approximate surface area is 134 Å². The lowest BCUT2D eigenvalue weighted by Crippen LogP contribution is -2.35. The van der Waals surface area contributed by atoms with E-state index in [1.165, 1.54) is 0 Å². The Morgan fingerprint density at radius 3 is 2.61 bits per heavy atom. The fourth-order valence-corrected chi connectivity index (χ4v) is 2.82. The van der Waals surface area contributed by atoms with Gasteiger partial charge < -0.3 is 10.0 Å². The highest BCUT2D eigenvalue weighted by Crippen LogP contribution is 2.30. The van der Waals surface area contributed by atoms with Crippen molar-refractivity contribution in [3.05, 3.63) is 48.3 Å². The van der Waals surface area contributed by atoms with Gasteiger partial charge in [0, 0.05) is 25.5 Å². The normalized spacial score (nSPS) is 20.7. The van der Waals surface area contributed by atoms with E-state index in [-0.39, 0.29) is 18.9 Å². The SMILES string of the molecule is CC1(C(=O)O)CCN(C(=O)Cc2ccc(-n3cccn3)cc2)C1. The molecular weight excluding hydrogens is 294 g/mol. The maximum absolute atomic E-state index is 12.4. The quantitative estimate of drug-likeness (QED) is 0.933. The third kappa shape index (κ3) is 3.11. The van der Waals surface area contributed by atoms with Gasteiger partial charge in [-0.1, -0.05) is 12.1 Å². The summed E-state index contributed by atoms with van der Waals surface area (Å²) in [5.74, 6) is -0.863. The molecule has 0 spiro atoms. The number of aliphatic carboxylic acids is 1. The number of likely N-dealkylation sites (tertiary alicyclic amines) is 1. The minimum Gasteiger partial charge on any atom is -0.481 e. The molecule has 1 aliphatic heterocycles. The van der Waals surface area contributed by atoms with Crippen LogP contribution in [0.1, 0.15) is 18.9 Å². The first kappa shape index (κ1) is 15.3. The standard InChI is InChI=1S/C17H19N3O3/c1-17(16(22)23)7-10-19(12-17)15(21)11-13-3-5-14(6-4-13)20-9-2-8-18-20/h2-6,8-9H,7,10-12H2,1H3,(H,22,23). The number of aromatic nitrogens is 2. The van der Waals surface area contributed by atoms with Crippen LogP contribution in [0.15, 0.2) is 42.7 Å². The number of carboxylic acids is 1. The predicted molar refractivity (Wildman–Crippen MR) is 84.2 cm³/mol. The Balaban J connectivity index is 1.64.